The molecule has 0 unspecified atom stereocenters. The van der Waals surface area contributed by atoms with Gasteiger partial charge in [0.05, 0.1) is 0 Å². The van der Waals surface area contributed by atoms with Crippen LogP contribution in [0, 0.1) is 0 Å². The second-order valence-electron chi connectivity index (χ2n) is 0. The van der Waals surface area contributed by atoms with Gasteiger partial charge in [0, 0.05) is 0 Å². The molecular formula is H42Cl71Li29. The molecule has 0 aliphatic heterocycles. The molecular weight excluding hydrogens is 2720 g/mol. The molecule has 0 aromatic rings. The van der Waals surface area contributed by atoms with Crippen LogP contribution in [0.5, 0.6) is 0 Å². The quantitative estimate of drug-likeness (QED) is 0.212. The van der Waals surface area contributed by atoms with Gasteiger partial charge >= 0.3 is 547 Å². The summed E-state index contributed by atoms with van der Waals surface area (Å²) in [7, 11) is 0. The normalized spacial score (nSPS) is 0. The Balaban J connectivity index is 0. The maximum Gasteiger partial charge on any atom is 1.00 e. The third-order valence-corrected chi connectivity index (χ3v) is 0. The van der Waals surface area contributed by atoms with E-state index in [4.69, 9.17) is 0 Å². The second kappa shape index (κ2) is 1760. The minimum atomic E-state index is 0. The molecule has 0 amide bonds. The summed E-state index contributed by atoms with van der Waals surface area (Å²) < 4.78 is 0. The average Bonchev–Trinajstić information content (AvgIpc) is 0. The molecule has 100 heteroatoms. The summed E-state index contributed by atoms with van der Waals surface area (Å²) in [6.45, 7) is 0. The fourth-order valence-electron chi connectivity index (χ4n) is 0. The molecule has 0 fully saturated rings. The van der Waals surface area contributed by atoms with Crippen LogP contribution in [0.2, 0.25) is 0 Å². The maximum absolute atomic E-state index is 0. The number of hydrogen-bond donors (Lipinski definition) is 0. The van der Waals surface area contributed by atoms with Gasteiger partial charge in [0.1, 0.15) is 0 Å². The predicted molar refractivity (Wildman–Crippen MR) is 304 cm³/mol. The molecule has 0 aromatic carbocycles. The summed E-state index contributed by atoms with van der Waals surface area (Å²) in [5.41, 5.74) is 0. The van der Waals surface area contributed by atoms with Crippen molar-refractivity contribution in [1.29, 1.82) is 0 Å². The molecule has 0 aliphatic rings. The van der Waals surface area contributed by atoms with Gasteiger partial charge in [-0.2, -0.15) is 0 Å². The van der Waals surface area contributed by atoms with Gasteiger partial charge in [-0.15, -0.1) is 521 Å². The van der Waals surface area contributed by atoms with E-state index in [1.54, 1.807) is 0 Å². The zero-order chi connectivity index (χ0) is 0. The van der Waals surface area contributed by atoms with E-state index in [1.807, 2.05) is 0 Å². The van der Waals surface area contributed by atoms with Gasteiger partial charge in [-0.05, 0) is 0 Å². The van der Waals surface area contributed by atoms with Crippen molar-refractivity contribution in [3.8, 4) is 0 Å². The molecule has 100 heavy (non-hydrogen) atoms. The van der Waals surface area contributed by atoms with E-state index in [2.05, 4.69) is 0 Å². The summed E-state index contributed by atoms with van der Waals surface area (Å²) in [5, 5.41) is 0. The molecule has 568 valence electrons. The molecule has 0 bridgehead atoms. The van der Waals surface area contributed by atoms with Crippen molar-refractivity contribution in [2.75, 3.05) is 0 Å². The standard InChI is InChI=1S/71ClH.29Li/h71*1H;;;;;;;;;;;;;;;;;;;;;;;;;;;;;/q;;;;;;;;;;;;;;;;;;;;;;;;;;;;;;;;;;;;;;;;;;;;;;;;;;;;;;;;;;;;;;;;;;;;;;;29*+1/p-29. The third-order valence-electron chi connectivity index (χ3n) is 0. The molecule has 0 N–H and O–H groups in total. The number of halogens is 71. The molecule has 0 saturated heterocycles. The van der Waals surface area contributed by atoms with Crippen LogP contribution in [0.25, 0.3) is 0 Å². The van der Waals surface area contributed by atoms with E-state index in [9.17, 15) is 0 Å². The van der Waals surface area contributed by atoms with E-state index >= 15 is 0 Å². The zero-order valence-corrected chi connectivity index (χ0v) is 113. The van der Waals surface area contributed by atoms with E-state index < -0.39 is 0 Å². The zero-order valence-electron chi connectivity index (χ0n) is 57.1. The molecule has 0 heterocycles. The first-order valence-corrected chi connectivity index (χ1v) is 0. The van der Waals surface area contributed by atoms with Crippen LogP contribution in [0.4, 0.5) is 0 Å². The molecule has 0 saturated carbocycles. The van der Waals surface area contributed by atoms with Crippen molar-refractivity contribution in [3.63, 3.8) is 0 Å². The molecule has 0 radical (unpaired) electrons. The van der Waals surface area contributed by atoms with Crippen molar-refractivity contribution in [1.82, 2.24) is 0 Å². The van der Waals surface area contributed by atoms with Crippen molar-refractivity contribution < 1.29 is 907 Å². The van der Waals surface area contributed by atoms with Crippen LogP contribution < -0.4 is 907 Å². The summed E-state index contributed by atoms with van der Waals surface area (Å²) in [6.07, 6.45) is 0. The van der Waals surface area contributed by atoms with Gasteiger partial charge in [0.25, 0.3) is 0 Å². The molecule has 0 spiro atoms. The van der Waals surface area contributed by atoms with Gasteiger partial charge < -0.3 is 360 Å². The minimum absolute atomic E-state index is 0. The van der Waals surface area contributed by atoms with E-state index in [1.165, 1.54) is 0 Å². The fraction of sp³-hybridized carbons (Fsp3) is 0. The largest absolute Gasteiger partial charge is 1.00 e. The smallest absolute Gasteiger partial charge is 1.00 e. The molecule has 0 nitrogen and oxygen atoms in total. The first kappa shape index (κ1) is 1800. The van der Waals surface area contributed by atoms with Gasteiger partial charge in [0.2, 0.25) is 0 Å². The van der Waals surface area contributed by atoms with Gasteiger partial charge in [0.15, 0.2) is 0 Å². The van der Waals surface area contributed by atoms with Crippen molar-refractivity contribution in [2.24, 2.45) is 0 Å². The Morgan fingerprint density at radius 3 is 0.0300 bits per heavy atom. The fourth-order valence-corrected chi connectivity index (χ4v) is 0. The average molecular weight is 2760 g/mol. The Hall–Kier alpha value is 37.9. The van der Waals surface area contributed by atoms with Crippen molar-refractivity contribution in [2.45, 2.75) is 0 Å². The van der Waals surface area contributed by atoms with Crippen LogP contribution >= 0.6 is 521 Å². The topological polar surface area (TPSA) is 0 Å². The Labute approximate surface area is 1390 Å². The Morgan fingerprint density at radius 2 is 0.0300 bits per heavy atom. The summed E-state index contributed by atoms with van der Waals surface area (Å²) in [5.74, 6) is 0. The number of hydrogen-bond acceptors (Lipinski definition) is 0. The monoisotopic (exact) mass is 2730 g/mol. The minimum Gasteiger partial charge on any atom is -1.00 e. The van der Waals surface area contributed by atoms with E-state index in [0.29, 0.717) is 0 Å². The molecule has 0 atom stereocenters. The number of rotatable bonds is 0. The van der Waals surface area contributed by atoms with Gasteiger partial charge in [-0.3, -0.25) is 0 Å². The molecule has 0 aliphatic carbocycles. The van der Waals surface area contributed by atoms with Crippen LogP contribution in [0.15, 0.2) is 0 Å². The van der Waals surface area contributed by atoms with Gasteiger partial charge in [-0.1, -0.05) is 0 Å². The SMILES string of the molecule is Cl.Cl.Cl.Cl.Cl.Cl.Cl.Cl.Cl.Cl.Cl.Cl.Cl.Cl.Cl.Cl.Cl.Cl.Cl.Cl.Cl.Cl.Cl.Cl.Cl.Cl.Cl.Cl.Cl.Cl.Cl.Cl.Cl.Cl.Cl.Cl.Cl.Cl.Cl.Cl.Cl.Cl.[Cl-].[Cl-].[Cl-].[Cl-].[Cl-].[Cl-].[Cl-].[Cl-].[Cl-].[Cl-].[Cl-].[Cl-].[Cl-].[Cl-].[Cl-].[Cl-].[Cl-].[Cl-].[Cl-].[Cl-].[Cl-].[Cl-].[Cl-].[Cl-].[Cl-].[Cl-].[Cl-].[Cl-].[Cl-].[Li+].[Li+].[Li+].[Li+].[Li+].[Li+].[Li+].[Li+].[Li+].[Li+].[Li+].[Li+].[Li+].[Li+].[Li+].[Li+].[Li+].[Li+].[Li+].[Li+].[Li+].[Li+].[Li+].[Li+].[Li+].[Li+].[Li+].[Li+].[Li+]. The van der Waals surface area contributed by atoms with Crippen LogP contribution in [-0.4, -0.2) is 0 Å². The first-order chi connectivity index (χ1) is 0. The molecule has 0 aromatic heterocycles. The maximum atomic E-state index is 0. The van der Waals surface area contributed by atoms with E-state index in [0.717, 1.165) is 0 Å². The summed E-state index contributed by atoms with van der Waals surface area (Å²) >= 11 is 0. The Kier molecular flexibility index (Phi) is 31600. The summed E-state index contributed by atoms with van der Waals surface area (Å²) in [4.78, 5) is 0. The van der Waals surface area contributed by atoms with Crippen molar-refractivity contribution in [3.05, 3.63) is 0 Å². The Bertz CT molecular complexity index is 86.9. The third kappa shape index (κ3) is 1720. The molecule has 0 rings (SSSR count). The van der Waals surface area contributed by atoms with Crippen LogP contribution in [-0.2, 0) is 0 Å². The van der Waals surface area contributed by atoms with Crippen LogP contribution in [0.3, 0.4) is 0 Å². The Morgan fingerprint density at radius 1 is 0.0300 bits per heavy atom. The summed E-state index contributed by atoms with van der Waals surface area (Å²) in [6, 6.07) is 0. The first-order valence-electron chi connectivity index (χ1n) is 0. The van der Waals surface area contributed by atoms with E-state index in [-0.39, 0.29) is 1430 Å². The second-order valence-corrected chi connectivity index (χ2v) is 0. The van der Waals surface area contributed by atoms with Crippen molar-refractivity contribution >= 4 is 521 Å². The predicted octanol–water partition coefficient (Wildman–Crippen LogP) is -156. The van der Waals surface area contributed by atoms with Gasteiger partial charge in [-0.25, -0.2) is 0 Å². The van der Waals surface area contributed by atoms with Crippen LogP contribution in [0.1, 0.15) is 0 Å².